The van der Waals surface area contributed by atoms with E-state index < -0.39 is 5.97 Å². The summed E-state index contributed by atoms with van der Waals surface area (Å²) in [5.74, 6) is -0.312. The van der Waals surface area contributed by atoms with Gasteiger partial charge in [-0.3, -0.25) is 9.69 Å². The molecule has 4 nitrogen and oxygen atoms in total. The predicted octanol–water partition coefficient (Wildman–Crippen LogP) is 3.51. The highest BCUT2D eigenvalue weighted by molar-refractivity contribution is 5.71. The van der Waals surface area contributed by atoms with E-state index in [1.54, 1.807) is 0 Å². The molecule has 0 bridgehead atoms. The van der Waals surface area contributed by atoms with Crippen LogP contribution in [0.3, 0.4) is 0 Å². The van der Waals surface area contributed by atoms with Gasteiger partial charge in [0.25, 0.3) is 0 Å². The fourth-order valence-corrected chi connectivity index (χ4v) is 3.79. The molecule has 0 unspecified atom stereocenters. The molecule has 0 saturated carbocycles. The number of likely N-dealkylation sites (tertiary alicyclic amines) is 1. The van der Waals surface area contributed by atoms with E-state index in [0.717, 1.165) is 19.5 Å². The zero-order chi connectivity index (χ0) is 18.0. The van der Waals surface area contributed by atoms with Crippen LogP contribution in [0.15, 0.2) is 23.8 Å². The van der Waals surface area contributed by atoms with E-state index in [-0.39, 0.29) is 5.92 Å². The molecule has 1 fully saturated rings. The standard InChI is InChI=1S/C21H30N2O2/c1-4-5-8-22(3)20-7-6-16-10-18(15(2)9-17(16)11-20)12-23-13-19(14-23)21(24)25/h6-7,10-11,15,19H,4-5,8-9,12-14H2,1-3H3,(H,24,25)/t15-/m0/s1. The third-order valence-corrected chi connectivity index (χ3v) is 5.63. The number of carboxylic acid groups (broad SMARTS) is 1. The van der Waals surface area contributed by atoms with Gasteiger partial charge in [-0.1, -0.05) is 38.0 Å². The Kier molecular flexibility index (Phi) is 5.48. The topological polar surface area (TPSA) is 43.8 Å². The Hall–Kier alpha value is -1.81. The van der Waals surface area contributed by atoms with Crippen LogP contribution in [0.25, 0.3) is 6.08 Å². The molecule has 1 aliphatic heterocycles. The fraction of sp³-hybridized carbons (Fsp3) is 0.571. The number of unbranched alkanes of at least 4 members (excludes halogenated alkanes) is 1. The normalized spacial score (nSPS) is 20.6. The predicted molar refractivity (Wildman–Crippen MR) is 103 cm³/mol. The quantitative estimate of drug-likeness (QED) is 0.823. The molecule has 1 atom stereocenters. The summed E-state index contributed by atoms with van der Waals surface area (Å²) in [5.41, 5.74) is 5.51. The highest BCUT2D eigenvalue weighted by Crippen LogP contribution is 2.32. The molecule has 136 valence electrons. The molecule has 1 aliphatic carbocycles. The summed E-state index contributed by atoms with van der Waals surface area (Å²) in [5, 5.41) is 9.02. The number of carbonyl (C=O) groups is 1. The average Bonchev–Trinajstić information content (AvgIpc) is 2.54. The van der Waals surface area contributed by atoms with Crippen molar-refractivity contribution in [3.8, 4) is 0 Å². The molecule has 25 heavy (non-hydrogen) atoms. The van der Waals surface area contributed by atoms with Gasteiger partial charge in [0.1, 0.15) is 0 Å². The first-order chi connectivity index (χ1) is 12.0. The Balaban J connectivity index is 1.67. The lowest BCUT2D eigenvalue weighted by Crippen LogP contribution is -2.51. The summed E-state index contributed by atoms with van der Waals surface area (Å²) in [6, 6.07) is 6.82. The van der Waals surface area contributed by atoms with E-state index in [4.69, 9.17) is 5.11 Å². The Morgan fingerprint density at radius 3 is 2.80 bits per heavy atom. The molecule has 1 N–H and O–H groups in total. The zero-order valence-electron chi connectivity index (χ0n) is 15.7. The summed E-state index contributed by atoms with van der Waals surface area (Å²) >= 11 is 0. The van der Waals surface area contributed by atoms with Gasteiger partial charge in [0, 0.05) is 38.9 Å². The number of hydrogen-bond donors (Lipinski definition) is 1. The minimum Gasteiger partial charge on any atom is -0.481 e. The summed E-state index contributed by atoms with van der Waals surface area (Å²) < 4.78 is 0. The lowest BCUT2D eigenvalue weighted by atomic mass is 9.83. The Labute approximate surface area is 151 Å². The van der Waals surface area contributed by atoms with E-state index >= 15 is 0 Å². The smallest absolute Gasteiger partial charge is 0.309 e. The van der Waals surface area contributed by atoms with Crippen molar-refractivity contribution >= 4 is 17.7 Å². The number of fused-ring (bicyclic) bond motifs is 1. The van der Waals surface area contributed by atoms with Crippen molar-refractivity contribution in [1.82, 2.24) is 4.90 Å². The number of nitrogens with zero attached hydrogens (tertiary/aromatic N) is 2. The molecule has 0 amide bonds. The SMILES string of the molecule is CCCCN(C)c1ccc2c(c1)C[C@H](C)C(CN1CC(C(=O)O)C1)=C2. The maximum atomic E-state index is 11.0. The number of rotatable bonds is 7. The highest BCUT2D eigenvalue weighted by Gasteiger charge is 2.33. The van der Waals surface area contributed by atoms with Gasteiger partial charge < -0.3 is 10.0 Å². The van der Waals surface area contributed by atoms with E-state index in [0.29, 0.717) is 19.0 Å². The molecule has 1 aromatic carbocycles. The van der Waals surface area contributed by atoms with E-state index in [2.05, 4.69) is 55.0 Å². The number of benzene rings is 1. The lowest BCUT2D eigenvalue weighted by Gasteiger charge is -2.39. The van der Waals surface area contributed by atoms with Gasteiger partial charge in [-0.2, -0.15) is 0 Å². The molecule has 1 saturated heterocycles. The molecule has 0 radical (unpaired) electrons. The zero-order valence-corrected chi connectivity index (χ0v) is 15.7. The van der Waals surface area contributed by atoms with Crippen molar-refractivity contribution in [1.29, 1.82) is 0 Å². The van der Waals surface area contributed by atoms with Crippen molar-refractivity contribution in [2.24, 2.45) is 11.8 Å². The highest BCUT2D eigenvalue weighted by atomic mass is 16.4. The Bertz CT molecular complexity index is 662. The second kappa shape index (κ2) is 7.61. The van der Waals surface area contributed by atoms with Crippen LogP contribution < -0.4 is 4.90 Å². The van der Waals surface area contributed by atoms with Crippen LogP contribution in [0, 0.1) is 11.8 Å². The maximum absolute atomic E-state index is 11.0. The number of anilines is 1. The van der Waals surface area contributed by atoms with Crippen LogP contribution in [0.2, 0.25) is 0 Å². The maximum Gasteiger partial charge on any atom is 0.309 e. The van der Waals surface area contributed by atoms with E-state index in [1.165, 1.54) is 35.2 Å². The van der Waals surface area contributed by atoms with Crippen LogP contribution in [0.5, 0.6) is 0 Å². The second-order valence-electron chi connectivity index (χ2n) is 7.71. The summed E-state index contributed by atoms with van der Waals surface area (Å²) in [6.07, 6.45) is 5.85. The van der Waals surface area contributed by atoms with Crippen molar-refractivity contribution in [2.45, 2.75) is 33.1 Å². The van der Waals surface area contributed by atoms with Crippen molar-refractivity contribution in [3.05, 3.63) is 34.9 Å². The minimum absolute atomic E-state index is 0.173. The fourth-order valence-electron chi connectivity index (χ4n) is 3.79. The third-order valence-electron chi connectivity index (χ3n) is 5.63. The van der Waals surface area contributed by atoms with Gasteiger partial charge in [-0.05, 0) is 42.0 Å². The monoisotopic (exact) mass is 342 g/mol. The van der Waals surface area contributed by atoms with Crippen molar-refractivity contribution < 1.29 is 9.90 Å². The van der Waals surface area contributed by atoms with E-state index in [1.807, 2.05) is 0 Å². The Morgan fingerprint density at radius 2 is 2.12 bits per heavy atom. The molecule has 4 heteroatoms. The molecule has 3 rings (SSSR count). The van der Waals surface area contributed by atoms with Crippen molar-refractivity contribution in [3.63, 3.8) is 0 Å². The van der Waals surface area contributed by atoms with Crippen LogP contribution in [0.4, 0.5) is 5.69 Å². The first kappa shape index (κ1) is 18.0. The first-order valence-corrected chi connectivity index (χ1v) is 9.47. The average molecular weight is 342 g/mol. The van der Waals surface area contributed by atoms with Gasteiger partial charge in [0.15, 0.2) is 0 Å². The lowest BCUT2D eigenvalue weighted by molar-refractivity contribution is -0.147. The molecular weight excluding hydrogens is 312 g/mol. The van der Waals surface area contributed by atoms with Crippen LogP contribution in [0.1, 0.15) is 37.8 Å². The van der Waals surface area contributed by atoms with Gasteiger partial charge in [0.05, 0.1) is 5.92 Å². The number of carboxylic acids is 1. The third kappa shape index (κ3) is 4.06. The molecule has 0 aromatic heterocycles. The summed E-state index contributed by atoms with van der Waals surface area (Å²) in [7, 11) is 2.17. The van der Waals surface area contributed by atoms with E-state index in [9.17, 15) is 4.79 Å². The largest absolute Gasteiger partial charge is 0.481 e. The number of hydrogen-bond acceptors (Lipinski definition) is 3. The molecular formula is C21H30N2O2. The summed E-state index contributed by atoms with van der Waals surface area (Å²) in [4.78, 5) is 15.6. The molecule has 0 spiro atoms. The van der Waals surface area contributed by atoms with Gasteiger partial charge in [-0.15, -0.1) is 0 Å². The van der Waals surface area contributed by atoms with Gasteiger partial charge in [-0.25, -0.2) is 0 Å². The Morgan fingerprint density at radius 1 is 1.36 bits per heavy atom. The summed E-state index contributed by atoms with van der Waals surface area (Å²) in [6.45, 7) is 7.90. The van der Waals surface area contributed by atoms with Crippen molar-refractivity contribution in [2.75, 3.05) is 38.1 Å². The molecule has 1 aromatic rings. The first-order valence-electron chi connectivity index (χ1n) is 9.47. The van der Waals surface area contributed by atoms with Crippen LogP contribution in [-0.4, -0.2) is 49.2 Å². The second-order valence-corrected chi connectivity index (χ2v) is 7.71. The van der Waals surface area contributed by atoms with Crippen LogP contribution in [-0.2, 0) is 11.2 Å². The van der Waals surface area contributed by atoms with Crippen LogP contribution >= 0.6 is 0 Å². The number of aliphatic carboxylic acids is 1. The van der Waals surface area contributed by atoms with Gasteiger partial charge in [0.2, 0.25) is 0 Å². The van der Waals surface area contributed by atoms with Gasteiger partial charge >= 0.3 is 5.97 Å². The molecule has 2 aliphatic rings. The molecule has 1 heterocycles. The minimum atomic E-state index is -0.660.